The van der Waals surface area contributed by atoms with Crippen LogP contribution in [0.4, 0.5) is 27.5 Å². The molecule has 3 aromatic rings. The molecular weight excluding hydrogens is 545 g/mol. The maximum Gasteiger partial charge on any atom is 0.243 e. The van der Waals surface area contributed by atoms with Gasteiger partial charge in [-0.25, -0.2) is 17.8 Å². The van der Waals surface area contributed by atoms with E-state index in [1.807, 2.05) is 0 Å². The Morgan fingerprint density at radius 1 is 1.10 bits per heavy atom. The maximum atomic E-state index is 13.6. The van der Waals surface area contributed by atoms with Crippen LogP contribution in [0.5, 0.6) is 0 Å². The van der Waals surface area contributed by atoms with E-state index in [1.165, 1.54) is 10.4 Å². The number of likely N-dealkylation sites (tertiary alicyclic amines) is 1. The third-order valence-electron chi connectivity index (χ3n) is 8.29. The third kappa shape index (κ3) is 5.77. The van der Waals surface area contributed by atoms with E-state index in [4.69, 9.17) is 4.84 Å². The molecule has 0 bridgehead atoms. The summed E-state index contributed by atoms with van der Waals surface area (Å²) in [4.78, 5) is 16.8. The van der Waals surface area contributed by atoms with Gasteiger partial charge in [-0.05, 0) is 80.8 Å². The van der Waals surface area contributed by atoms with Crippen molar-refractivity contribution >= 4 is 38.9 Å². The number of halogens is 1. The van der Waals surface area contributed by atoms with Crippen LogP contribution in [0.3, 0.4) is 0 Å². The molecule has 41 heavy (non-hydrogen) atoms. The van der Waals surface area contributed by atoms with Crippen molar-refractivity contribution in [2.45, 2.75) is 49.6 Å². The zero-order chi connectivity index (χ0) is 28.8. The van der Waals surface area contributed by atoms with Gasteiger partial charge in [-0.2, -0.15) is 9.29 Å². The molecule has 216 valence electrons. The lowest BCUT2D eigenvalue weighted by atomic mass is 10.0. The van der Waals surface area contributed by atoms with Gasteiger partial charge < -0.3 is 15.5 Å². The molecule has 2 atom stereocenters. The highest BCUT2D eigenvalue weighted by Crippen LogP contribution is 2.51. The summed E-state index contributed by atoms with van der Waals surface area (Å²) in [5.74, 6) is 1.05. The molecule has 12 heteroatoms. The molecule has 0 amide bonds. The van der Waals surface area contributed by atoms with Gasteiger partial charge in [0.15, 0.2) is 0 Å². The number of sulfonamides is 1. The van der Waals surface area contributed by atoms with Gasteiger partial charge in [0.05, 0.1) is 10.6 Å². The second-order valence-corrected chi connectivity index (χ2v) is 13.3. The highest BCUT2D eigenvalue weighted by molar-refractivity contribution is 7.89. The fraction of sp³-hybridized carbons (Fsp3) is 0.414. The van der Waals surface area contributed by atoms with Crippen LogP contribution in [0.15, 0.2) is 64.8 Å². The third-order valence-corrected chi connectivity index (χ3v) is 10.2. The minimum absolute atomic E-state index is 0.0597. The lowest BCUT2D eigenvalue weighted by Gasteiger charge is -2.36. The molecule has 1 aromatic heterocycles. The van der Waals surface area contributed by atoms with Crippen molar-refractivity contribution in [2.24, 2.45) is 11.1 Å². The van der Waals surface area contributed by atoms with Gasteiger partial charge in [0.25, 0.3) is 0 Å². The zero-order valence-corrected chi connectivity index (χ0v) is 24.2. The number of piperidine rings is 1. The standard InChI is InChI=1S/C29H34FN7O3S/c1-19-16-21(6-9-25(19)30)32-27-10-13-31-28(34-27)33-20-4-7-23(8-5-20)41(38,39)36(3)22-11-14-37(15-12-22)18-26-24-17-29(24,2)40-35-26/h4-10,13,16,22,24H,11-12,14-15,17-18H2,1-3H3,(H2,31,32,33,34). The van der Waals surface area contributed by atoms with Crippen molar-refractivity contribution in [1.82, 2.24) is 19.2 Å². The van der Waals surface area contributed by atoms with Crippen molar-refractivity contribution in [3.8, 4) is 0 Å². The molecule has 10 nitrogen and oxygen atoms in total. The fourth-order valence-electron chi connectivity index (χ4n) is 5.51. The van der Waals surface area contributed by atoms with E-state index in [1.54, 1.807) is 62.6 Å². The van der Waals surface area contributed by atoms with Gasteiger partial charge in [0.2, 0.25) is 16.0 Å². The van der Waals surface area contributed by atoms with E-state index in [9.17, 15) is 12.8 Å². The molecule has 1 saturated heterocycles. The number of oxime groups is 1. The van der Waals surface area contributed by atoms with Crippen molar-refractivity contribution < 1.29 is 17.6 Å². The number of hydrogen-bond acceptors (Lipinski definition) is 9. The molecule has 2 N–H and O–H groups in total. The van der Waals surface area contributed by atoms with E-state index in [-0.39, 0.29) is 22.4 Å². The van der Waals surface area contributed by atoms with E-state index < -0.39 is 10.0 Å². The average molecular weight is 580 g/mol. The summed E-state index contributed by atoms with van der Waals surface area (Å²) in [5, 5.41) is 10.5. The molecule has 2 fully saturated rings. The van der Waals surface area contributed by atoms with Crippen LogP contribution in [0.2, 0.25) is 0 Å². The van der Waals surface area contributed by atoms with E-state index in [0.29, 0.717) is 34.6 Å². The summed E-state index contributed by atoms with van der Waals surface area (Å²) in [6.45, 7) is 6.25. The molecule has 3 heterocycles. The Kier molecular flexibility index (Phi) is 7.16. The van der Waals surface area contributed by atoms with Crippen LogP contribution in [0, 0.1) is 18.7 Å². The van der Waals surface area contributed by atoms with Gasteiger partial charge in [-0.1, -0.05) is 5.16 Å². The average Bonchev–Trinajstić information content (AvgIpc) is 3.55. The number of hydrogen-bond donors (Lipinski definition) is 2. The molecule has 6 rings (SSSR count). The zero-order valence-electron chi connectivity index (χ0n) is 23.3. The summed E-state index contributed by atoms with van der Waals surface area (Å²) < 4.78 is 41.9. The number of aryl methyl sites for hydroxylation is 1. The van der Waals surface area contributed by atoms with Crippen LogP contribution in [0.25, 0.3) is 0 Å². The topological polar surface area (TPSA) is 112 Å². The van der Waals surface area contributed by atoms with Crippen molar-refractivity contribution in [3.63, 3.8) is 0 Å². The normalized spacial score (nSPS) is 22.7. The first-order chi connectivity index (χ1) is 19.6. The number of nitrogens with zero attached hydrogens (tertiary/aromatic N) is 5. The second kappa shape index (κ2) is 10.7. The number of benzene rings is 2. The van der Waals surface area contributed by atoms with Gasteiger partial charge in [-0.15, -0.1) is 0 Å². The summed E-state index contributed by atoms with van der Waals surface area (Å²) in [5.41, 5.74) is 2.94. The maximum absolute atomic E-state index is 13.6. The molecule has 0 radical (unpaired) electrons. The summed E-state index contributed by atoms with van der Waals surface area (Å²) >= 11 is 0. The first-order valence-electron chi connectivity index (χ1n) is 13.8. The number of anilines is 4. The molecule has 0 spiro atoms. The second-order valence-electron chi connectivity index (χ2n) is 11.3. The number of rotatable bonds is 9. The predicted molar refractivity (Wildman–Crippen MR) is 156 cm³/mol. The molecule has 2 aliphatic heterocycles. The van der Waals surface area contributed by atoms with Crippen molar-refractivity contribution in [1.29, 1.82) is 0 Å². The Balaban J connectivity index is 1.04. The van der Waals surface area contributed by atoms with E-state index in [0.717, 1.165) is 44.6 Å². The van der Waals surface area contributed by atoms with Crippen LogP contribution in [-0.4, -0.2) is 71.6 Å². The Hall–Kier alpha value is -3.61. The van der Waals surface area contributed by atoms with E-state index >= 15 is 0 Å². The Bertz CT molecular complexity index is 1580. The SMILES string of the molecule is Cc1cc(Nc2ccnc(Nc3ccc(S(=O)(=O)N(C)C4CCN(CC5=NOC6(C)CC56)CC4)cc3)n2)ccc1F. The fourth-order valence-corrected chi connectivity index (χ4v) is 6.93. The molecule has 3 aliphatic rings. The predicted octanol–water partition coefficient (Wildman–Crippen LogP) is 4.66. The van der Waals surface area contributed by atoms with Crippen molar-refractivity contribution in [2.75, 3.05) is 37.3 Å². The monoisotopic (exact) mass is 579 g/mol. The van der Waals surface area contributed by atoms with Gasteiger partial charge in [-0.3, -0.25) is 4.90 Å². The first-order valence-corrected chi connectivity index (χ1v) is 15.2. The Labute approximate surface area is 239 Å². The lowest BCUT2D eigenvalue weighted by molar-refractivity contribution is 0.0617. The van der Waals surface area contributed by atoms with Crippen molar-refractivity contribution in [3.05, 3.63) is 66.1 Å². The number of fused-ring (bicyclic) bond motifs is 1. The summed E-state index contributed by atoms with van der Waals surface area (Å²) in [7, 11) is -1.98. The highest BCUT2D eigenvalue weighted by atomic mass is 32.2. The van der Waals surface area contributed by atoms with Crippen LogP contribution >= 0.6 is 0 Å². The highest BCUT2D eigenvalue weighted by Gasteiger charge is 2.60. The summed E-state index contributed by atoms with van der Waals surface area (Å²) in [6, 6.07) is 13.0. The van der Waals surface area contributed by atoms with Crippen LogP contribution in [0.1, 0.15) is 31.7 Å². The van der Waals surface area contributed by atoms with E-state index in [2.05, 4.69) is 37.6 Å². The quantitative estimate of drug-likeness (QED) is 0.377. The number of nitrogens with one attached hydrogen (secondary N) is 2. The Morgan fingerprint density at radius 3 is 2.49 bits per heavy atom. The molecule has 1 aliphatic carbocycles. The molecule has 2 aromatic carbocycles. The lowest BCUT2D eigenvalue weighted by Crippen LogP contribution is -2.46. The van der Waals surface area contributed by atoms with Gasteiger partial charge in [0.1, 0.15) is 17.2 Å². The smallest absolute Gasteiger partial charge is 0.243 e. The van der Waals surface area contributed by atoms with Gasteiger partial charge in [0, 0.05) is 62.6 Å². The molecular formula is C29H34FN7O3S. The number of aromatic nitrogens is 2. The molecule has 1 saturated carbocycles. The Morgan fingerprint density at radius 2 is 1.83 bits per heavy atom. The van der Waals surface area contributed by atoms with Crippen LogP contribution < -0.4 is 10.6 Å². The first kappa shape index (κ1) is 27.6. The van der Waals surface area contributed by atoms with Gasteiger partial charge >= 0.3 is 0 Å². The largest absolute Gasteiger partial charge is 0.389 e. The van der Waals surface area contributed by atoms with Crippen LogP contribution in [-0.2, 0) is 14.9 Å². The minimum Gasteiger partial charge on any atom is -0.389 e. The molecule has 2 unspecified atom stereocenters. The summed E-state index contributed by atoms with van der Waals surface area (Å²) in [6.07, 6.45) is 4.19. The minimum atomic E-state index is -3.65.